The third kappa shape index (κ3) is 9.28. The molecular weight excluding hydrogens is 645 g/mol. The standard InChI is InChI=1S/C35H41Cl2NO7Si/c1-35(2,3)46(4,5)45-23-27-20-29(32(44-24-39)21-38(27)34(40)43-22-25-10-7-6-8-11-25)26-14-16-28(17-15-26)41-18-19-42-33-30(36)12-9-13-31(33)37/h6-17,24,27H,18-23H2,1-5H3. The summed E-state index contributed by atoms with van der Waals surface area (Å²) in [5.74, 6) is 1.44. The number of benzene rings is 3. The highest BCUT2D eigenvalue weighted by Crippen LogP contribution is 2.39. The van der Waals surface area contributed by atoms with Gasteiger partial charge in [-0.05, 0) is 59.9 Å². The van der Waals surface area contributed by atoms with Crippen LogP contribution in [0.15, 0.2) is 78.6 Å². The van der Waals surface area contributed by atoms with Crippen molar-refractivity contribution in [2.75, 3.05) is 26.4 Å². The second kappa shape index (κ2) is 15.9. The van der Waals surface area contributed by atoms with Crippen molar-refractivity contribution in [3.8, 4) is 11.5 Å². The first-order chi connectivity index (χ1) is 21.9. The molecule has 4 rings (SSSR count). The summed E-state index contributed by atoms with van der Waals surface area (Å²) in [4.78, 5) is 26.6. The van der Waals surface area contributed by atoms with Crippen molar-refractivity contribution < 1.29 is 33.0 Å². The lowest BCUT2D eigenvalue weighted by atomic mass is 9.93. The number of hydrogen-bond acceptors (Lipinski definition) is 7. The monoisotopic (exact) mass is 685 g/mol. The van der Waals surface area contributed by atoms with Gasteiger partial charge >= 0.3 is 6.09 Å². The van der Waals surface area contributed by atoms with Crippen LogP contribution in [0.4, 0.5) is 4.79 Å². The molecule has 11 heteroatoms. The quantitative estimate of drug-likeness (QED) is 0.101. The Balaban J connectivity index is 1.49. The van der Waals surface area contributed by atoms with Gasteiger partial charge in [0.1, 0.15) is 31.3 Å². The topological polar surface area (TPSA) is 83.5 Å². The Morgan fingerprint density at radius 3 is 2.22 bits per heavy atom. The number of ether oxygens (including phenoxy) is 4. The molecule has 1 aliphatic heterocycles. The summed E-state index contributed by atoms with van der Waals surface area (Å²) in [6.45, 7) is 12.3. The predicted octanol–water partition coefficient (Wildman–Crippen LogP) is 8.77. The number of para-hydroxylation sites is 1. The maximum atomic E-state index is 13.4. The number of nitrogens with zero attached hydrogens (tertiary/aromatic N) is 1. The van der Waals surface area contributed by atoms with Gasteiger partial charge in [-0.1, -0.05) is 92.5 Å². The molecule has 0 N–H and O–H groups in total. The molecule has 8 nitrogen and oxygen atoms in total. The lowest BCUT2D eigenvalue weighted by molar-refractivity contribution is -0.125. The normalized spacial score (nSPS) is 15.4. The van der Waals surface area contributed by atoms with E-state index in [4.69, 9.17) is 46.6 Å². The summed E-state index contributed by atoms with van der Waals surface area (Å²) in [5.41, 5.74) is 2.54. The molecule has 0 aromatic heterocycles. The molecule has 1 atom stereocenters. The van der Waals surface area contributed by atoms with E-state index in [-0.39, 0.29) is 37.4 Å². The van der Waals surface area contributed by atoms with Crippen LogP contribution in [-0.4, -0.2) is 58.2 Å². The van der Waals surface area contributed by atoms with Gasteiger partial charge in [-0.2, -0.15) is 0 Å². The molecular formula is C35H41Cl2NO7Si. The van der Waals surface area contributed by atoms with Crippen LogP contribution in [0.1, 0.15) is 38.3 Å². The number of halogens is 2. The van der Waals surface area contributed by atoms with Crippen LogP contribution in [0.5, 0.6) is 11.5 Å². The van der Waals surface area contributed by atoms with Gasteiger partial charge in [0.15, 0.2) is 14.1 Å². The van der Waals surface area contributed by atoms with Crippen LogP contribution < -0.4 is 9.47 Å². The van der Waals surface area contributed by atoms with E-state index in [1.165, 1.54) is 0 Å². The number of hydrogen-bond donors (Lipinski definition) is 0. The first-order valence-electron chi connectivity index (χ1n) is 15.1. The van der Waals surface area contributed by atoms with E-state index in [2.05, 4.69) is 33.9 Å². The highest BCUT2D eigenvalue weighted by molar-refractivity contribution is 6.74. The molecule has 0 fully saturated rings. The SMILES string of the molecule is CC(C)(C)[Si](C)(C)OCC1CC(c2ccc(OCCOc3c(Cl)cccc3Cl)cc2)=C(OC=O)CN1C(=O)OCc1ccccc1. The summed E-state index contributed by atoms with van der Waals surface area (Å²) in [6, 6.07) is 21.8. The van der Waals surface area contributed by atoms with Gasteiger partial charge in [0, 0.05) is 5.57 Å². The van der Waals surface area contributed by atoms with E-state index >= 15 is 0 Å². The fraction of sp³-hybridized carbons (Fsp3) is 0.371. The van der Waals surface area contributed by atoms with Gasteiger partial charge in [0.05, 0.1) is 29.2 Å². The van der Waals surface area contributed by atoms with E-state index < -0.39 is 14.4 Å². The summed E-state index contributed by atoms with van der Waals surface area (Å²) < 4.78 is 29.3. The van der Waals surface area contributed by atoms with Gasteiger partial charge in [0.25, 0.3) is 6.47 Å². The van der Waals surface area contributed by atoms with E-state index in [0.717, 1.165) is 16.7 Å². The molecule has 0 radical (unpaired) electrons. The minimum Gasteiger partial charge on any atom is -0.490 e. The molecule has 0 spiro atoms. The Morgan fingerprint density at radius 2 is 1.59 bits per heavy atom. The van der Waals surface area contributed by atoms with Gasteiger partial charge in [0.2, 0.25) is 0 Å². The third-order valence-corrected chi connectivity index (χ3v) is 13.4. The molecule has 246 valence electrons. The minimum absolute atomic E-state index is 0.00867. The number of carbonyl (C=O) groups is 2. The van der Waals surface area contributed by atoms with Crippen LogP contribution in [0.3, 0.4) is 0 Å². The van der Waals surface area contributed by atoms with E-state index in [1.807, 2.05) is 54.6 Å². The van der Waals surface area contributed by atoms with E-state index in [9.17, 15) is 9.59 Å². The predicted molar refractivity (Wildman–Crippen MR) is 183 cm³/mol. The lowest BCUT2D eigenvalue weighted by Crippen LogP contribution is -2.50. The average molecular weight is 687 g/mol. The van der Waals surface area contributed by atoms with Crippen molar-refractivity contribution in [2.45, 2.75) is 58.0 Å². The maximum Gasteiger partial charge on any atom is 0.410 e. The average Bonchev–Trinajstić information content (AvgIpc) is 3.02. The van der Waals surface area contributed by atoms with Crippen LogP contribution in [0.25, 0.3) is 5.57 Å². The zero-order chi connectivity index (χ0) is 33.3. The molecule has 1 amide bonds. The molecule has 1 aliphatic rings. The summed E-state index contributed by atoms with van der Waals surface area (Å²) in [5, 5.41) is 0.856. The molecule has 0 aliphatic carbocycles. The summed E-state index contributed by atoms with van der Waals surface area (Å²) >= 11 is 12.3. The van der Waals surface area contributed by atoms with Crippen molar-refractivity contribution in [1.82, 2.24) is 4.90 Å². The van der Waals surface area contributed by atoms with E-state index in [0.29, 0.717) is 46.8 Å². The molecule has 3 aromatic rings. The Kier molecular flexibility index (Phi) is 12.2. The number of carbonyl (C=O) groups excluding carboxylic acids is 2. The Morgan fingerprint density at radius 1 is 0.935 bits per heavy atom. The van der Waals surface area contributed by atoms with E-state index in [1.54, 1.807) is 23.1 Å². The molecule has 0 bridgehead atoms. The van der Waals surface area contributed by atoms with Crippen molar-refractivity contribution in [3.05, 3.63) is 99.7 Å². The first-order valence-corrected chi connectivity index (χ1v) is 18.8. The van der Waals surface area contributed by atoms with Crippen LogP contribution in [-0.2, 0) is 25.3 Å². The smallest absolute Gasteiger partial charge is 0.410 e. The largest absolute Gasteiger partial charge is 0.490 e. The number of amides is 1. The van der Waals surface area contributed by atoms with Crippen LogP contribution in [0.2, 0.25) is 28.2 Å². The van der Waals surface area contributed by atoms with Crippen molar-refractivity contribution in [2.24, 2.45) is 0 Å². The molecule has 0 saturated heterocycles. The molecule has 0 saturated carbocycles. The minimum atomic E-state index is -2.13. The van der Waals surface area contributed by atoms with Crippen molar-refractivity contribution >= 4 is 49.7 Å². The highest BCUT2D eigenvalue weighted by atomic mass is 35.5. The molecule has 1 heterocycles. The highest BCUT2D eigenvalue weighted by Gasteiger charge is 2.40. The van der Waals surface area contributed by atoms with Crippen LogP contribution >= 0.6 is 23.2 Å². The Hall–Kier alpha value is -3.50. The Bertz CT molecular complexity index is 1490. The first kappa shape index (κ1) is 35.4. The fourth-order valence-electron chi connectivity index (χ4n) is 4.65. The molecule has 3 aromatic carbocycles. The molecule has 1 unspecified atom stereocenters. The fourth-order valence-corrected chi connectivity index (χ4v) is 6.19. The van der Waals surface area contributed by atoms with Crippen molar-refractivity contribution in [3.63, 3.8) is 0 Å². The second-order valence-electron chi connectivity index (χ2n) is 12.5. The Labute approximate surface area is 282 Å². The maximum absolute atomic E-state index is 13.4. The second-order valence-corrected chi connectivity index (χ2v) is 18.1. The van der Waals surface area contributed by atoms with Gasteiger partial charge in [-0.15, -0.1) is 0 Å². The number of rotatable bonds is 13. The van der Waals surface area contributed by atoms with Gasteiger partial charge in [-0.25, -0.2) is 4.79 Å². The third-order valence-electron chi connectivity index (χ3n) is 8.32. The summed E-state index contributed by atoms with van der Waals surface area (Å²) in [7, 11) is -2.13. The zero-order valence-corrected chi connectivity index (χ0v) is 29.4. The lowest BCUT2D eigenvalue weighted by Gasteiger charge is -2.41. The summed E-state index contributed by atoms with van der Waals surface area (Å²) in [6.07, 6.45) is -0.0898. The zero-order valence-electron chi connectivity index (χ0n) is 26.9. The van der Waals surface area contributed by atoms with Crippen molar-refractivity contribution in [1.29, 1.82) is 0 Å². The molecule has 46 heavy (non-hydrogen) atoms. The van der Waals surface area contributed by atoms with Gasteiger partial charge < -0.3 is 23.4 Å². The van der Waals surface area contributed by atoms with Gasteiger partial charge in [-0.3, -0.25) is 9.69 Å². The van der Waals surface area contributed by atoms with Crippen LogP contribution in [0, 0.1) is 0 Å².